The first-order valence-corrected chi connectivity index (χ1v) is 11.0. The van der Waals surface area contributed by atoms with Crippen molar-refractivity contribution in [2.75, 3.05) is 31.1 Å². The Labute approximate surface area is 174 Å². The van der Waals surface area contributed by atoms with Gasteiger partial charge >= 0.3 is 0 Å². The maximum absolute atomic E-state index is 14.0. The largest absolute Gasteiger partial charge is 0.439 e. The first kappa shape index (κ1) is 20.2. The summed E-state index contributed by atoms with van der Waals surface area (Å²) in [7, 11) is -3.88. The van der Waals surface area contributed by atoms with Gasteiger partial charge in [-0.1, -0.05) is 30.3 Å². The number of aromatic nitrogens is 2. The number of aryl methyl sites for hydroxylation is 1. The molecule has 0 bridgehead atoms. The molecular formula is C21H21FN4O3S. The number of anilines is 1. The minimum Gasteiger partial charge on any atom is -0.439 e. The molecule has 1 fully saturated rings. The summed E-state index contributed by atoms with van der Waals surface area (Å²) in [6, 6.07) is 16.5. The van der Waals surface area contributed by atoms with Crippen molar-refractivity contribution in [3.63, 3.8) is 0 Å². The molecule has 0 radical (unpaired) electrons. The molecule has 0 aliphatic carbocycles. The van der Waals surface area contributed by atoms with E-state index in [0.717, 1.165) is 6.07 Å². The first-order chi connectivity index (χ1) is 14.4. The standard InChI is InChI=1S/C21H21FN4O3S/c1-16-23-20(15-21(24-16)29-17-7-3-2-4-8-17)25-11-13-26(14-12-25)30(27,28)19-10-6-5-9-18(19)22/h2-10,15H,11-14H2,1H3. The topological polar surface area (TPSA) is 75.6 Å². The highest BCUT2D eigenvalue weighted by Crippen LogP contribution is 2.25. The van der Waals surface area contributed by atoms with Crippen molar-refractivity contribution >= 4 is 15.8 Å². The Kier molecular flexibility index (Phi) is 5.65. The van der Waals surface area contributed by atoms with Crippen LogP contribution in [-0.2, 0) is 10.0 Å². The first-order valence-electron chi connectivity index (χ1n) is 9.52. The van der Waals surface area contributed by atoms with E-state index in [9.17, 15) is 12.8 Å². The third-order valence-electron chi connectivity index (χ3n) is 4.78. The van der Waals surface area contributed by atoms with Crippen molar-refractivity contribution in [3.05, 3.63) is 72.3 Å². The molecule has 2 aromatic carbocycles. The molecule has 4 rings (SSSR count). The molecule has 0 unspecified atom stereocenters. The number of hydrogen-bond donors (Lipinski definition) is 0. The van der Waals surface area contributed by atoms with Crippen LogP contribution in [0.4, 0.5) is 10.2 Å². The van der Waals surface area contributed by atoms with Gasteiger partial charge in [-0.25, -0.2) is 17.8 Å². The Morgan fingerprint density at radius 3 is 2.30 bits per heavy atom. The molecule has 0 amide bonds. The molecule has 9 heteroatoms. The van der Waals surface area contributed by atoms with E-state index in [4.69, 9.17) is 4.74 Å². The van der Waals surface area contributed by atoms with Gasteiger partial charge < -0.3 is 9.64 Å². The number of para-hydroxylation sites is 1. The minimum atomic E-state index is -3.88. The summed E-state index contributed by atoms with van der Waals surface area (Å²) in [5.41, 5.74) is 0. The molecule has 0 saturated carbocycles. The molecule has 0 atom stereocenters. The molecule has 2 heterocycles. The average Bonchev–Trinajstić information content (AvgIpc) is 2.74. The van der Waals surface area contributed by atoms with Crippen LogP contribution in [0.15, 0.2) is 65.6 Å². The normalized spacial score (nSPS) is 15.2. The van der Waals surface area contributed by atoms with Crippen molar-refractivity contribution < 1.29 is 17.5 Å². The van der Waals surface area contributed by atoms with Gasteiger partial charge in [-0.05, 0) is 31.2 Å². The van der Waals surface area contributed by atoms with Crippen LogP contribution < -0.4 is 9.64 Å². The number of piperazine rings is 1. The lowest BCUT2D eigenvalue weighted by molar-refractivity contribution is 0.380. The average molecular weight is 428 g/mol. The summed E-state index contributed by atoms with van der Waals surface area (Å²) < 4.78 is 46.7. The van der Waals surface area contributed by atoms with Gasteiger partial charge in [0.1, 0.15) is 28.1 Å². The van der Waals surface area contributed by atoms with Crippen LogP contribution in [0.5, 0.6) is 11.6 Å². The number of sulfonamides is 1. The van der Waals surface area contributed by atoms with Crippen LogP contribution in [0.3, 0.4) is 0 Å². The number of hydrogen-bond acceptors (Lipinski definition) is 6. The third-order valence-corrected chi connectivity index (χ3v) is 6.72. The van der Waals surface area contributed by atoms with Crippen molar-refractivity contribution in [1.29, 1.82) is 0 Å². The van der Waals surface area contributed by atoms with E-state index >= 15 is 0 Å². The molecule has 156 valence electrons. The fourth-order valence-corrected chi connectivity index (χ4v) is 4.79. The van der Waals surface area contributed by atoms with Crippen LogP contribution in [0.1, 0.15) is 5.82 Å². The molecule has 1 aliphatic rings. The van der Waals surface area contributed by atoms with Crippen LogP contribution in [0.25, 0.3) is 0 Å². The van der Waals surface area contributed by atoms with Crippen LogP contribution >= 0.6 is 0 Å². The zero-order valence-electron chi connectivity index (χ0n) is 16.4. The Balaban J connectivity index is 1.48. The summed E-state index contributed by atoms with van der Waals surface area (Å²) in [4.78, 5) is 10.5. The van der Waals surface area contributed by atoms with Gasteiger partial charge in [0, 0.05) is 32.2 Å². The number of nitrogens with zero attached hydrogens (tertiary/aromatic N) is 4. The third kappa shape index (κ3) is 4.27. The summed E-state index contributed by atoms with van der Waals surface area (Å²) in [6.45, 7) is 3.09. The van der Waals surface area contributed by atoms with E-state index in [-0.39, 0.29) is 18.0 Å². The minimum absolute atomic E-state index is 0.231. The lowest BCUT2D eigenvalue weighted by Gasteiger charge is -2.34. The van der Waals surface area contributed by atoms with Crippen molar-refractivity contribution in [1.82, 2.24) is 14.3 Å². The number of rotatable bonds is 5. The number of halogens is 1. The maximum Gasteiger partial charge on any atom is 0.246 e. The summed E-state index contributed by atoms with van der Waals surface area (Å²) in [5, 5.41) is 0. The van der Waals surface area contributed by atoms with Gasteiger partial charge in [0.2, 0.25) is 15.9 Å². The molecule has 30 heavy (non-hydrogen) atoms. The monoisotopic (exact) mass is 428 g/mol. The molecule has 1 aromatic heterocycles. The van der Waals surface area contributed by atoms with E-state index in [1.54, 1.807) is 13.0 Å². The van der Waals surface area contributed by atoms with Gasteiger partial charge in [-0.15, -0.1) is 0 Å². The lowest BCUT2D eigenvalue weighted by Crippen LogP contribution is -2.49. The highest BCUT2D eigenvalue weighted by atomic mass is 32.2. The Bertz CT molecular complexity index is 1130. The lowest BCUT2D eigenvalue weighted by atomic mass is 10.3. The number of benzene rings is 2. The molecule has 0 spiro atoms. The zero-order chi connectivity index (χ0) is 21.1. The van der Waals surface area contributed by atoms with E-state index in [1.165, 1.54) is 22.5 Å². The molecule has 1 aliphatic heterocycles. The second kappa shape index (κ2) is 8.37. The molecular weight excluding hydrogens is 407 g/mol. The number of ether oxygens (including phenoxy) is 1. The van der Waals surface area contributed by atoms with Gasteiger partial charge in [0.25, 0.3) is 0 Å². The van der Waals surface area contributed by atoms with E-state index < -0.39 is 15.8 Å². The summed E-state index contributed by atoms with van der Waals surface area (Å²) in [5.74, 6) is 1.57. The highest BCUT2D eigenvalue weighted by Gasteiger charge is 2.31. The van der Waals surface area contributed by atoms with Crippen molar-refractivity contribution in [2.24, 2.45) is 0 Å². The van der Waals surface area contributed by atoms with Crippen molar-refractivity contribution in [2.45, 2.75) is 11.8 Å². The van der Waals surface area contributed by atoms with Gasteiger partial charge in [0.05, 0.1) is 0 Å². The smallest absolute Gasteiger partial charge is 0.246 e. The van der Waals surface area contributed by atoms with Gasteiger partial charge in [-0.3, -0.25) is 0 Å². The van der Waals surface area contributed by atoms with E-state index in [1.807, 2.05) is 35.2 Å². The molecule has 1 saturated heterocycles. The SMILES string of the molecule is Cc1nc(Oc2ccccc2)cc(N2CCN(S(=O)(=O)c3ccccc3F)CC2)n1. The van der Waals surface area contributed by atoms with Crippen LogP contribution in [0.2, 0.25) is 0 Å². The quantitative estimate of drug-likeness (QED) is 0.621. The predicted octanol–water partition coefficient (Wildman–Crippen LogP) is 3.23. The van der Waals surface area contributed by atoms with Crippen molar-refractivity contribution in [3.8, 4) is 11.6 Å². The summed E-state index contributed by atoms with van der Waals surface area (Å²) >= 11 is 0. The Hall–Kier alpha value is -3.04. The fourth-order valence-electron chi connectivity index (χ4n) is 3.30. The fraction of sp³-hybridized carbons (Fsp3) is 0.238. The Morgan fingerprint density at radius 1 is 0.933 bits per heavy atom. The van der Waals surface area contributed by atoms with Crippen LogP contribution in [-0.4, -0.2) is 48.9 Å². The van der Waals surface area contributed by atoms with Gasteiger partial charge in [-0.2, -0.15) is 9.29 Å². The highest BCUT2D eigenvalue weighted by molar-refractivity contribution is 7.89. The van der Waals surface area contributed by atoms with E-state index in [0.29, 0.717) is 36.4 Å². The molecule has 3 aromatic rings. The zero-order valence-corrected chi connectivity index (χ0v) is 17.2. The van der Waals surface area contributed by atoms with Gasteiger partial charge in [0.15, 0.2) is 0 Å². The molecule has 0 N–H and O–H groups in total. The van der Waals surface area contributed by atoms with E-state index in [2.05, 4.69) is 9.97 Å². The second-order valence-electron chi connectivity index (χ2n) is 6.85. The Morgan fingerprint density at radius 2 is 1.60 bits per heavy atom. The molecule has 7 nitrogen and oxygen atoms in total. The maximum atomic E-state index is 14.0. The summed E-state index contributed by atoms with van der Waals surface area (Å²) in [6.07, 6.45) is 0. The second-order valence-corrected chi connectivity index (χ2v) is 8.75. The van der Waals surface area contributed by atoms with Crippen LogP contribution in [0, 0.1) is 12.7 Å². The predicted molar refractivity (Wildman–Crippen MR) is 111 cm³/mol.